The number of nitrogens with zero attached hydrogens (tertiary/aromatic N) is 2. The summed E-state index contributed by atoms with van der Waals surface area (Å²) in [6, 6.07) is 11.2. The highest BCUT2D eigenvalue weighted by atomic mass is 32.2. The second-order valence-corrected chi connectivity index (χ2v) is 9.33. The number of sulfonamides is 1. The van der Waals surface area contributed by atoms with E-state index in [1.54, 1.807) is 24.6 Å². The van der Waals surface area contributed by atoms with Crippen molar-refractivity contribution in [2.75, 3.05) is 33.3 Å². The molecular weight excluding hydrogens is 390 g/mol. The van der Waals surface area contributed by atoms with Gasteiger partial charge in [0.15, 0.2) is 5.11 Å². The van der Waals surface area contributed by atoms with E-state index in [-0.39, 0.29) is 0 Å². The van der Waals surface area contributed by atoms with Gasteiger partial charge in [0.2, 0.25) is 0 Å². The molecule has 1 saturated heterocycles. The van der Waals surface area contributed by atoms with Gasteiger partial charge in [-0.1, -0.05) is 18.2 Å². The quantitative estimate of drug-likeness (QED) is 0.761. The number of rotatable bonds is 5. The number of hydrogen-bond donors (Lipinski definition) is 1. The largest absolute Gasteiger partial charge is 0.497 e. The van der Waals surface area contributed by atoms with Crippen LogP contribution in [0.25, 0.3) is 0 Å². The Bertz CT molecular complexity index is 828. The third-order valence-corrected chi connectivity index (χ3v) is 7.89. The molecule has 1 N–H and O–H groups in total. The summed E-state index contributed by atoms with van der Waals surface area (Å²) in [6.45, 7) is 2.66. The average molecular weight is 412 g/mol. The molecule has 1 aliphatic heterocycles. The Morgan fingerprint density at radius 3 is 2.46 bits per heavy atom. The van der Waals surface area contributed by atoms with E-state index in [9.17, 15) is 8.42 Å². The van der Waals surface area contributed by atoms with Crippen LogP contribution in [0, 0.1) is 0 Å². The van der Waals surface area contributed by atoms with E-state index in [2.05, 4.69) is 5.32 Å². The minimum absolute atomic E-state index is 0.395. The first kappa shape index (κ1) is 19.1. The molecule has 1 aromatic carbocycles. The third-order valence-electron chi connectivity index (χ3n) is 4.22. The Morgan fingerprint density at radius 1 is 1.19 bits per heavy atom. The lowest BCUT2D eigenvalue weighted by Crippen LogP contribution is -2.52. The minimum atomic E-state index is -3.38. The van der Waals surface area contributed by atoms with Crippen molar-refractivity contribution in [3.8, 4) is 5.75 Å². The van der Waals surface area contributed by atoms with E-state index >= 15 is 0 Å². The first-order valence-electron chi connectivity index (χ1n) is 8.20. The Hall–Kier alpha value is -1.68. The molecule has 0 atom stereocenters. The molecule has 9 heteroatoms. The summed E-state index contributed by atoms with van der Waals surface area (Å²) in [5.41, 5.74) is 1.10. The highest BCUT2D eigenvalue weighted by Crippen LogP contribution is 2.22. The van der Waals surface area contributed by atoms with Crippen molar-refractivity contribution in [3.63, 3.8) is 0 Å². The molecule has 140 valence electrons. The van der Waals surface area contributed by atoms with E-state index in [0.717, 1.165) is 11.3 Å². The molecule has 0 saturated carbocycles. The standard InChI is InChI=1S/C17H21N3O3S3/c1-23-15-6-4-14(5-7-15)13-18-17(24)19-8-10-20(11-9-19)26(21,22)16-3-2-12-25-16/h2-7,12H,8-11,13H2,1H3,(H,18,24). The first-order valence-corrected chi connectivity index (χ1v) is 10.9. The zero-order valence-corrected chi connectivity index (χ0v) is 16.9. The van der Waals surface area contributed by atoms with Gasteiger partial charge in [0.1, 0.15) is 9.96 Å². The van der Waals surface area contributed by atoms with E-state index in [1.807, 2.05) is 29.2 Å². The molecule has 0 amide bonds. The van der Waals surface area contributed by atoms with Gasteiger partial charge in [-0.15, -0.1) is 11.3 Å². The van der Waals surface area contributed by atoms with E-state index in [1.165, 1.54) is 15.6 Å². The molecule has 0 bridgehead atoms. The Labute approximate surface area is 163 Å². The van der Waals surface area contributed by atoms with Gasteiger partial charge in [-0.25, -0.2) is 8.42 Å². The van der Waals surface area contributed by atoms with Crippen LogP contribution >= 0.6 is 23.6 Å². The van der Waals surface area contributed by atoms with E-state index in [4.69, 9.17) is 17.0 Å². The maximum Gasteiger partial charge on any atom is 0.252 e. The van der Waals surface area contributed by atoms with E-state index < -0.39 is 10.0 Å². The molecule has 1 aliphatic rings. The van der Waals surface area contributed by atoms with Crippen LogP contribution in [0.1, 0.15) is 5.56 Å². The SMILES string of the molecule is COc1ccc(CNC(=S)N2CCN(S(=O)(=O)c3cccs3)CC2)cc1. The van der Waals surface area contributed by atoms with Crippen LogP contribution in [0.15, 0.2) is 46.0 Å². The molecule has 1 aromatic heterocycles. The van der Waals surface area contributed by atoms with Crippen molar-refractivity contribution in [2.45, 2.75) is 10.8 Å². The maximum atomic E-state index is 12.5. The number of nitrogens with one attached hydrogen (secondary N) is 1. The Morgan fingerprint density at radius 2 is 1.88 bits per heavy atom. The second-order valence-electron chi connectivity index (χ2n) is 5.83. The summed E-state index contributed by atoms with van der Waals surface area (Å²) in [6.07, 6.45) is 0. The maximum absolute atomic E-state index is 12.5. The van der Waals surface area contributed by atoms with Gasteiger partial charge in [0.05, 0.1) is 7.11 Å². The molecule has 26 heavy (non-hydrogen) atoms. The summed E-state index contributed by atoms with van der Waals surface area (Å²) in [5.74, 6) is 0.819. The molecule has 3 rings (SSSR count). The summed E-state index contributed by atoms with van der Waals surface area (Å²) in [4.78, 5) is 2.01. The number of ether oxygens (including phenoxy) is 1. The molecule has 2 aromatic rings. The fraction of sp³-hybridized carbons (Fsp3) is 0.353. The fourth-order valence-electron chi connectivity index (χ4n) is 2.70. The molecule has 0 aliphatic carbocycles. The van der Waals surface area contributed by atoms with Crippen LogP contribution in [-0.4, -0.2) is 56.0 Å². The van der Waals surface area contributed by atoms with Gasteiger partial charge in [0, 0.05) is 32.7 Å². The van der Waals surface area contributed by atoms with Crippen molar-refractivity contribution < 1.29 is 13.2 Å². The number of thiocarbonyl (C=S) groups is 1. The van der Waals surface area contributed by atoms with Gasteiger partial charge in [-0.2, -0.15) is 4.31 Å². The Kier molecular flexibility index (Phi) is 6.13. The number of benzene rings is 1. The first-order chi connectivity index (χ1) is 12.5. The van der Waals surface area contributed by atoms with E-state index in [0.29, 0.717) is 42.0 Å². The third kappa shape index (κ3) is 4.35. The molecule has 0 radical (unpaired) electrons. The summed E-state index contributed by atoms with van der Waals surface area (Å²) in [7, 11) is -1.74. The van der Waals surface area contributed by atoms with Crippen LogP contribution < -0.4 is 10.1 Å². The zero-order chi connectivity index (χ0) is 18.6. The number of thiophene rings is 1. The summed E-state index contributed by atoms with van der Waals surface area (Å²) in [5, 5.41) is 5.66. The molecule has 0 spiro atoms. The van der Waals surface area contributed by atoms with Crippen molar-refractivity contribution in [1.82, 2.24) is 14.5 Å². The van der Waals surface area contributed by atoms with Crippen LogP contribution in [0.3, 0.4) is 0 Å². The molecule has 2 heterocycles. The number of methoxy groups -OCH3 is 1. The monoisotopic (exact) mass is 411 g/mol. The predicted octanol–water partition coefficient (Wildman–Crippen LogP) is 2.14. The van der Waals surface area contributed by atoms with Crippen LogP contribution in [-0.2, 0) is 16.6 Å². The van der Waals surface area contributed by atoms with Crippen molar-refractivity contribution >= 4 is 38.7 Å². The molecular formula is C17H21N3O3S3. The molecule has 6 nitrogen and oxygen atoms in total. The summed E-state index contributed by atoms with van der Waals surface area (Å²) >= 11 is 6.71. The average Bonchev–Trinajstić information content (AvgIpc) is 3.22. The van der Waals surface area contributed by atoms with Gasteiger partial charge in [-0.05, 0) is 41.4 Å². The summed E-state index contributed by atoms with van der Waals surface area (Å²) < 4.78 is 32.2. The van der Waals surface area contributed by atoms with Crippen LogP contribution in [0.2, 0.25) is 0 Å². The lowest BCUT2D eigenvalue weighted by atomic mass is 10.2. The van der Waals surface area contributed by atoms with Crippen molar-refractivity contribution in [1.29, 1.82) is 0 Å². The Balaban J connectivity index is 1.50. The number of piperazine rings is 1. The second kappa shape index (κ2) is 8.34. The lowest BCUT2D eigenvalue weighted by Gasteiger charge is -2.35. The zero-order valence-electron chi connectivity index (χ0n) is 14.4. The van der Waals surface area contributed by atoms with Crippen molar-refractivity contribution in [3.05, 3.63) is 47.3 Å². The number of hydrogen-bond acceptors (Lipinski definition) is 5. The molecule has 0 unspecified atom stereocenters. The van der Waals surface area contributed by atoms with Gasteiger partial charge in [0.25, 0.3) is 10.0 Å². The van der Waals surface area contributed by atoms with Crippen molar-refractivity contribution in [2.24, 2.45) is 0 Å². The predicted molar refractivity (Wildman–Crippen MR) is 107 cm³/mol. The smallest absolute Gasteiger partial charge is 0.252 e. The minimum Gasteiger partial charge on any atom is -0.497 e. The normalized spacial score (nSPS) is 15.7. The fourth-order valence-corrected chi connectivity index (χ4v) is 5.52. The van der Waals surface area contributed by atoms with Gasteiger partial charge < -0.3 is 15.0 Å². The molecule has 1 fully saturated rings. The highest BCUT2D eigenvalue weighted by molar-refractivity contribution is 7.91. The van der Waals surface area contributed by atoms with Crippen LogP contribution in [0.5, 0.6) is 5.75 Å². The van der Waals surface area contributed by atoms with Gasteiger partial charge in [-0.3, -0.25) is 0 Å². The highest BCUT2D eigenvalue weighted by Gasteiger charge is 2.29. The lowest BCUT2D eigenvalue weighted by molar-refractivity contribution is 0.264. The van der Waals surface area contributed by atoms with Gasteiger partial charge >= 0.3 is 0 Å². The topological polar surface area (TPSA) is 61.9 Å². The van der Waals surface area contributed by atoms with Crippen LogP contribution in [0.4, 0.5) is 0 Å².